The molecule has 4 aromatic heterocycles. The van der Waals surface area contributed by atoms with E-state index in [0.717, 1.165) is 45.4 Å². The highest BCUT2D eigenvalue weighted by molar-refractivity contribution is 6.29. The number of benzene rings is 4. The van der Waals surface area contributed by atoms with E-state index < -0.39 is 0 Å². The molecule has 8 rings (SSSR count). The number of nitrogens with zero attached hydrogens (tertiary/aromatic N) is 6. The van der Waals surface area contributed by atoms with Gasteiger partial charge in [0.25, 0.3) is 0 Å². The molecule has 4 aromatic carbocycles. The van der Waals surface area contributed by atoms with Crippen LogP contribution in [-0.4, -0.2) is 19.9 Å². The molecule has 6 nitrogen and oxygen atoms in total. The molecule has 0 amide bonds. The van der Waals surface area contributed by atoms with Crippen LogP contribution in [0.1, 0.15) is 52.7 Å². The lowest BCUT2D eigenvalue weighted by Crippen LogP contribution is -2.18. The van der Waals surface area contributed by atoms with Gasteiger partial charge in [-0.15, -0.1) is 0 Å². The van der Waals surface area contributed by atoms with Gasteiger partial charge in [-0.1, -0.05) is 90.1 Å². The molecule has 0 fully saturated rings. The molecular formula is C44H40N6. The maximum absolute atomic E-state index is 4.85. The maximum Gasteiger partial charge on any atom is 0.138 e. The lowest BCUT2D eigenvalue weighted by molar-refractivity contribution is 0.595. The van der Waals surface area contributed by atoms with Gasteiger partial charge in [0.15, 0.2) is 0 Å². The first-order valence-corrected chi connectivity index (χ1v) is 17.1. The number of hydrogen-bond donors (Lipinski definition) is 0. The summed E-state index contributed by atoms with van der Waals surface area (Å²) in [5.74, 6) is 3.25. The molecule has 246 valence electrons. The lowest BCUT2D eigenvalue weighted by atomic mass is 9.77. The average Bonchev–Trinajstić information content (AvgIpc) is 3.12. The SMILES string of the molecule is CC(C)(C)c1cc(N(c2ccccn2)c2ccccn2)c2ccc3c(C(C)(C)C)cc(N(c4ccccn4)c4ccccn4)c4ccc1c2c43. The van der Waals surface area contributed by atoms with Crippen LogP contribution >= 0.6 is 0 Å². The van der Waals surface area contributed by atoms with Crippen molar-refractivity contribution in [3.8, 4) is 0 Å². The Morgan fingerprint density at radius 3 is 0.940 bits per heavy atom. The van der Waals surface area contributed by atoms with E-state index in [1.54, 1.807) is 0 Å². The lowest BCUT2D eigenvalue weighted by Gasteiger charge is -2.32. The van der Waals surface area contributed by atoms with E-state index in [2.05, 4.69) is 112 Å². The van der Waals surface area contributed by atoms with Crippen molar-refractivity contribution in [3.05, 3.63) is 145 Å². The third kappa shape index (κ3) is 5.28. The van der Waals surface area contributed by atoms with Crippen LogP contribution in [0.4, 0.5) is 34.6 Å². The van der Waals surface area contributed by atoms with Crippen molar-refractivity contribution in [1.82, 2.24) is 19.9 Å². The van der Waals surface area contributed by atoms with Crippen LogP contribution in [0.2, 0.25) is 0 Å². The van der Waals surface area contributed by atoms with Crippen LogP contribution in [0.5, 0.6) is 0 Å². The Bertz CT molecular complexity index is 2180. The largest absolute Gasteiger partial charge is 0.278 e. The van der Waals surface area contributed by atoms with Crippen molar-refractivity contribution < 1.29 is 0 Å². The first kappa shape index (κ1) is 31.4. The van der Waals surface area contributed by atoms with Crippen molar-refractivity contribution in [1.29, 1.82) is 0 Å². The van der Waals surface area contributed by atoms with Gasteiger partial charge >= 0.3 is 0 Å². The summed E-state index contributed by atoms with van der Waals surface area (Å²) < 4.78 is 0. The zero-order valence-corrected chi connectivity index (χ0v) is 29.4. The van der Waals surface area contributed by atoms with Crippen LogP contribution in [0.3, 0.4) is 0 Å². The van der Waals surface area contributed by atoms with Gasteiger partial charge < -0.3 is 0 Å². The van der Waals surface area contributed by atoms with E-state index in [4.69, 9.17) is 19.9 Å². The van der Waals surface area contributed by atoms with Crippen LogP contribution in [0, 0.1) is 0 Å². The molecule has 0 atom stereocenters. The number of hydrogen-bond acceptors (Lipinski definition) is 6. The highest BCUT2D eigenvalue weighted by Crippen LogP contribution is 2.51. The predicted octanol–water partition coefficient (Wildman–Crippen LogP) is 11.7. The summed E-state index contributed by atoms with van der Waals surface area (Å²) in [5.41, 5.74) is 4.31. The first-order valence-electron chi connectivity index (χ1n) is 17.1. The summed E-state index contributed by atoms with van der Waals surface area (Å²) in [7, 11) is 0. The van der Waals surface area contributed by atoms with Gasteiger partial charge in [-0.3, -0.25) is 9.80 Å². The quantitative estimate of drug-likeness (QED) is 0.167. The summed E-state index contributed by atoms with van der Waals surface area (Å²) >= 11 is 0. The van der Waals surface area contributed by atoms with Crippen molar-refractivity contribution >= 4 is 67.0 Å². The van der Waals surface area contributed by atoms with Gasteiger partial charge in [0, 0.05) is 35.6 Å². The molecule has 0 N–H and O–H groups in total. The van der Waals surface area contributed by atoms with Crippen LogP contribution < -0.4 is 9.80 Å². The molecule has 0 radical (unpaired) electrons. The number of rotatable bonds is 6. The van der Waals surface area contributed by atoms with Gasteiger partial charge in [-0.25, -0.2) is 19.9 Å². The fraction of sp³-hybridized carbons (Fsp3) is 0.182. The minimum absolute atomic E-state index is 0.152. The summed E-state index contributed by atoms with van der Waals surface area (Å²) in [6, 6.07) is 38.1. The van der Waals surface area contributed by atoms with Crippen molar-refractivity contribution in [2.24, 2.45) is 0 Å². The standard InChI is InChI=1S/C44H40N6/c1-43(2,3)33-27-35(49(37-15-7-11-23-45-37)38-16-8-12-24-46-38)31-22-20-30-34(44(4,5)6)28-36(32-21-19-29(33)41(31)42(30)32)50(39-17-9-13-25-47-39)40-18-10-14-26-48-40/h7-28H,1-6H3. The Balaban J connectivity index is 1.56. The molecule has 0 saturated carbocycles. The minimum Gasteiger partial charge on any atom is -0.278 e. The van der Waals surface area contributed by atoms with Gasteiger partial charge in [0.05, 0.1) is 11.4 Å². The molecule has 0 aliphatic heterocycles. The van der Waals surface area contributed by atoms with Gasteiger partial charge in [0.2, 0.25) is 0 Å². The second-order valence-corrected chi connectivity index (χ2v) is 14.9. The van der Waals surface area contributed by atoms with E-state index in [9.17, 15) is 0 Å². The van der Waals surface area contributed by atoms with E-state index in [-0.39, 0.29) is 10.8 Å². The van der Waals surface area contributed by atoms with E-state index >= 15 is 0 Å². The number of anilines is 6. The fourth-order valence-corrected chi connectivity index (χ4v) is 7.24. The van der Waals surface area contributed by atoms with Crippen LogP contribution in [-0.2, 0) is 10.8 Å². The number of pyridine rings is 4. The molecule has 0 bridgehead atoms. The summed E-state index contributed by atoms with van der Waals surface area (Å²) in [4.78, 5) is 23.8. The van der Waals surface area contributed by atoms with Crippen molar-refractivity contribution in [3.63, 3.8) is 0 Å². The first-order chi connectivity index (χ1) is 24.1. The molecule has 0 aliphatic rings. The molecule has 4 heterocycles. The second kappa shape index (κ2) is 11.9. The predicted molar refractivity (Wildman–Crippen MR) is 208 cm³/mol. The zero-order valence-electron chi connectivity index (χ0n) is 29.4. The second-order valence-electron chi connectivity index (χ2n) is 14.9. The molecule has 0 unspecified atom stereocenters. The van der Waals surface area contributed by atoms with Gasteiger partial charge in [-0.05, 0) is 104 Å². The van der Waals surface area contributed by atoms with Crippen LogP contribution in [0.25, 0.3) is 32.3 Å². The molecule has 0 spiro atoms. The molecule has 6 heteroatoms. The molecule has 50 heavy (non-hydrogen) atoms. The summed E-state index contributed by atoms with van der Waals surface area (Å²) in [6.45, 7) is 13.8. The van der Waals surface area contributed by atoms with Crippen molar-refractivity contribution in [2.45, 2.75) is 52.4 Å². The maximum atomic E-state index is 4.85. The zero-order chi connectivity index (χ0) is 34.6. The van der Waals surface area contributed by atoms with Crippen LogP contribution in [0.15, 0.2) is 134 Å². The normalized spacial score (nSPS) is 12.2. The third-order valence-electron chi connectivity index (χ3n) is 9.47. The fourth-order valence-electron chi connectivity index (χ4n) is 7.24. The highest BCUT2D eigenvalue weighted by Gasteiger charge is 2.30. The molecule has 0 aliphatic carbocycles. The van der Waals surface area contributed by atoms with Gasteiger partial charge in [-0.2, -0.15) is 0 Å². The monoisotopic (exact) mass is 652 g/mol. The third-order valence-corrected chi connectivity index (χ3v) is 9.47. The molecule has 8 aromatic rings. The topological polar surface area (TPSA) is 58.0 Å². The Morgan fingerprint density at radius 2 is 0.680 bits per heavy atom. The number of aromatic nitrogens is 4. The van der Waals surface area contributed by atoms with Crippen molar-refractivity contribution in [2.75, 3.05) is 9.80 Å². The van der Waals surface area contributed by atoms with E-state index in [1.165, 1.54) is 32.7 Å². The van der Waals surface area contributed by atoms with E-state index in [0.29, 0.717) is 0 Å². The summed E-state index contributed by atoms with van der Waals surface area (Å²) in [6.07, 6.45) is 7.38. The van der Waals surface area contributed by atoms with Gasteiger partial charge in [0.1, 0.15) is 23.3 Å². The Hall–Kier alpha value is -5.88. The Morgan fingerprint density at radius 1 is 0.380 bits per heavy atom. The Labute approximate surface area is 293 Å². The van der Waals surface area contributed by atoms with E-state index in [1.807, 2.05) is 73.3 Å². The minimum atomic E-state index is -0.152. The molecule has 0 saturated heterocycles. The summed E-state index contributed by atoms with van der Waals surface area (Å²) in [5, 5.41) is 7.23. The smallest absolute Gasteiger partial charge is 0.138 e. The molecular weight excluding hydrogens is 613 g/mol. The highest BCUT2D eigenvalue weighted by atomic mass is 15.2. The Kier molecular flexibility index (Phi) is 7.48. The average molecular weight is 653 g/mol.